The van der Waals surface area contributed by atoms with Crippen LogP contribution < -0.4 is 10.1 Å². The van der Waals surface area contributed by atoms with Crippen molar-refractivity contribution in [3.8, 4) is 5.75 Å². The number of nitrogens with zero attached hydrogens (tertiary/aromatic N) is 2. The third-order valence-electron chi connectivity index (χ3n) is 4.49. The highest BCUT2D eigenvalue weighted by atomic mass is 35.5. The molecule has 31 heavy (non-hydrogen) atoms. The smallest absolute Gasteiger partial charge is 0.259 e. The molecule has 2 amide bonds. The fourth-order valence-electron chi connectivity index (χ4n) is 2.66. The van der Waals surface area contributed by atoms with Crippen LogP contribution >= 0.6 is 11.6 Å². The van der Waals surface area contributed by atoms with Crippen LogP contribution in [0.25, 0.3) is 0 Å². The van der Waals surface area contributed by atoms with Gasteiger partial charge < -0.3 is 15.0 Å². The van der Waals surface area contributed by atoms with Gasteiger partial charge in [0, 0.05) is 38.4 Å². The molecule has 2 rings (SSSR count). The van der Waals surface area contributed by atoms with Gasteiger partial charge in [0.1, 0.15) is 10.6 Å². The minimum absolute atomic E-state index is 0.0530. The molecular formula is C21H26ClN3O5S. The number of hydrogen-bond donors (Lipinski definition) is 1. The molecule has 0 aliphatic heterocycles. The lowest BCUT2D eigenvalue weighted by Crippen LogP contribution is -2.31. The lowest BCUT2D eigenvalue weighted by atomic mass is 10.2. The fourth-order valence-corrected chi connectivity index (χ4v) is 4.62. The second kappa shape index (κ2) is 10.6. The van der Waals surface area contributed by atoms with Crippen LogP contribution in [-0.4, -0.2) is 63.2 Å². The molecule has 168 valence electrons. The molecule has 0 bridgehead atoms. The van der Waals surface area contributed by atoms with E-state index >= 15 is 0 Å². The number of nitrogens with one attached hydrogen (secondary N) is 1. The van der Waals surface area contributed by atoms with E-state index in [4.69, 9.17) is 16.3 Å². The highest BCUT2D eigenvalue weighted by Gasteiger charge is 2.25. The van der Waals surface area contributed by atoms with E-state index in [1.54, 1.807) is 52.2 Å². The van der Waals surface area contributed by atoms with E-state index in [0.717, 1.165) is 0 Å². The largest absolute Gasteiger partial charge is 0.484 e. The number of halogens is 1. The van der Waals surface area contributed by atoms with Crippen molar-refractivity contribution in [2.75, 3.05) is 39.1 Å². The zero-order chi connectivity index (χ0) is 23.2. The van der Waals surface area contributed by atoms with Crippen molar-refractivity contribution < 1.29 is 22.7 Å². The standard InChI is InChI=1S/C21H26ClN3O5S/c1-5-25(6-2)31(28,29)19-13-15(7-12-18(19)22)21(27)23-16-8-10-17(11-9-16)30-14-20(26)24(3)4/h7-13H,5-6,14H2,1-4H3,(H,23,27). The number of anilines is 1. The van der Waals surface area contributed by atoms with E-state index in [1.165, 1.54) is 27.4 Å². The first kappa shape index (κ1) is 24.6. The van der Waals surface area contributed by atoms with Gasteiger partial charge in [-0.05, 0) is 42.5 Å². The van der Waals surface area contributed by atoms with Crippen molar-refractivity contribution in [1.82, 2.24) is 9.21 Å². The molecule has 0 spiro atoms. The van der Waals surface area contributed by atoms with Crippen molar-refractivity contribution in [3.05, 3.63) is 53.1 Å². The van der Waals surface area contributed by atoms with Gasteiger partial charge in [0.25, 0.3) is 11.8 Å². The molecule has 2 aromatic rings. The number of ether oxygens (including phenoxy) is 1. The summed E-state index contributed by atoms with van der Waals surface area (Å²) in [6, 6.07) is 10.6. The first-order valence-corrected chi connectivity index (χ1v) is 11.5. The maximum absolute atomic E-state index is 12.8. The Morgan fingerprint density at radius 2 is 1.65 bits per heavy atom. The molecular weight excluding hydrogens is 442 g/mol. The Morgan fingerprint density at radius 1 is 1.03 bits per heavy atom. The Balaban J connectivity index is 2.15. The molecule has 10 heteroatoms. The average Bonchev–Trinajstić information content (AvgIpc) is 2.73. The molecule has 0 unspecified atom stereocenters. The molecule has 0 aromatic heterocycles. The number of benzene rings is 2. The maximum Gasteiger partial charge on any atom is 0.259 e. The first-order valence-electron chi connectivity index (χ1n) is 9.64. The van der Waals surface area contributed by atoms with Crippen LogP contribution in [0, 0.1) is 0 Å². The van der Waals surface area contributed by atoms with Crippen LogP contribution in [0.2, 0.25) is 5.02 Å². The number of carbonyl (C=O) groups is 2. The summed E-state index contributed by atoms with van der Waals surface area (Å²) in [5.41, 5.74) is 0.645. The number of rotatable bonds is 9. The second-order valence-electron chi connectivity index (χ2n) is 6.79. The summed E-state index contributed by atoms with van der Waals surface area (Å²) in [5.74, 6) is -0.174. The summed E-state index contributed by atoms with van der Waals surface area (Å²) >= 11 is 6.11. The van der Waals surface area contributed by atoms with Gasteiger partial charge in [0.2, 0.25) is 10.0 Å². The fraction of sp³-hybridized carbons (Fsp3) is 0.333. The predicted octanol–water partition coefficient (Wildman–Crippen LogP) is 3.09. The van der Waals surface area contributed by atoms with Gasteiger partial charge in [0.05, 0.1) is 5.02 Å². The summed E-state index contributed by atoms with van der Waals surface area (Å²) < 4.78 is 32.3. The Hall–Kier alpha value is -2.62. The van der Waals surface area contributed by atoms with E-state index in [1.807, 2.05) is 0 Å². The van der Waals surface area contributed by atoms with E-state index in [0.29, 0.717) is 24.5 Å². The Labute approximate surface area is 187 Å². The van der Waals surface area contributed by atoms with Crippen molar-refractivity contribution in [2.24, 2.45) is 0 Å². The lowest BCUT2D eigenvalue weighted by molar-refractivity contribution is -0.130. The van der Waals surface area contributed by atoms with Gasteiger partial charge in [-0.15, -0.1) is 0 Å². The molecule has 2 aromatic carbocycles. The molecule has 0 saturated carbocycles. The average molecular weight is 468 g/mol. The van der Waals surface area contributed by atoms with Crippen LogP contribution in [0.5, 0.6) is 5.75 Å². The molecule has 0 aliphatic rings. The summed E-state index contributed by atoms with van der Waals surface area (Å²) in [7, 11) is -0.535. The van der Waals surface area contributed by atoms with Crippen molar-refractivity contribution in [2.45, 2.75) is 18.7 Å². The molecule has 0 radical (unpaired) electrons. The minimum Gasteiger partial charge on any atom is -0.484 e. The summed E-state index contributed by atoms with van der Waals surface area (Å²) in [5, 5.41) is 2.76. The third kappa shape index (κ3) is 6.19. The quantitative estimate of drug-likeness (QED) is 0.611. The van der Waals surface area contributed by atoms with Crippen LogP contribution in [-0.2, 0) is 14.8 Å². The second-order valence-corrected chi connectivity index (χ2v) is 9.10. The molecule has 0 saturated heterocycles. The molecule has 0 heterocycles. The zero-order valence-electron chi connectivity index (χ0n) is 17.9. The number of sulfonamides is 1. The number of hydrogen-bond acceptors (Lipinski definition) is 5. The van der Waals surface area contributed by atoms with Gasteiger partial charge in [0.15, 0.2) is 6.61 Å². The maximum atomic E-state index is 12.8. The lowest BCUT2D eigenvalue weighted by Gasteiger charge is -2.19. The van der Waals surface area contributed by atoms with E-state index in [2.05, 4.69) is 5.32 Å². The Morgan fingerprint density at radius 3 is 2.19 bits per heavy atom. The van der Waals surface area contributed by atoms with Gasteiger partial charge in [-0.2, -0.15) is 4.31 Å². The summed E-state index contributed by atoms with van der Waals surface area (Å²) in [4.78, 5) is 25.5. The molecule has 0 fully saturated rings. The monoisotopic (exact) mass is 467 g/mol. The van der Waals surface area contributed by atoms with Crippen molar-refractivity contribution in [3.63, 3.8) is 0 Å². The first-order chi connectivity index (χ1) is 14.6. The molecule has 0 atom stereocenters. The zero-order valence-corrected chi connectivity index (χ0v) is 19.5. The third-order valence-corrected chi connectivity index (χ3v) is 7.02. The minimum atomic E-state index is -3.81. The van der Waals surface area contributed by atoms with Crippen LogP contribution in [0.3, 0.4) is 0 Å². The highest BCUT2D eigenvalue weighted by Crippen LogP contribution is 2.26. The van der Waals surface area contributed by atoms with Crippen LogP contribution in [0.4, 0.5) is 5.69 Å². The van der Waals surface area contributed by atoms with Crippen LogP contribution in [0.15, 0.2) is 47.4 Å². The number of amides is 2. The van der Waals surface area contributed by atoms with Gasteiger partial charge in [-0.1, -0.05) is 25.4 Å². The Kier molecular flexibility index (Phi) is 8.43. The van der Waals surface area contributed by atoms with Gasteiger partial charge >= 0.3 is 0 Å². The van der Waals surface area contributed by atoms with E-state index in [9.17, 15) is 18.0 Å². The molecule has 8 nitrogen and oxygen atoms in total. The Bertz CT molecular complexity index is 1040. The normalized spacial score (nSPS) is 11.3. The predicted molar refractivity (Wildman–Crippen MR) is 120 cm³/mol. The van der Waals surface area contributed by atoms with E-state index < -0.39 is 15.9 Å². The van der Waals surface area contributed by atoms with Gasteiger partial charge in [-0.25, -0.2) is 8.42 Å². The number of carbonyl (C=O) groups excluding carboxylic acids is 2. The van der Waals surface area contributed by atoms with Crippen molar-refractivity contribution in [1.29, 1.82) is 0 Å². The molecule has 1 N–H and O–H groups in total. The highest BCUT2D eigenvalue weighted by molar-refractivity contribution is 7.89. The van der Waals surface area contributed by atoms with Crippen molar-refractivity contribution >= 4 is 39.1 Å². The molecule has 0 aliphatic carbocycles. The summed E-state index contributed by atoms with van der Waals surface area (Å²) in [6.07, 6.45) is 0. The van der Waals surface area contributed by atoms with Crippen LogP contribution in [0.1, 0.15) is 24.2 Å². The van der Waals surface area contributed by atoms with E-state index in [-0.39, 0.29) is 28.0 Å². The SMILES string of the molecule is CCN(CC)S(=O)(=O)c1cc(C(=O)Nc2ccc(OCC(=O)N(C)C)cc2)ccc1Cl. The van der Waals surface area contributed by atoms with Gasteiger partial charge in [-0.3, -0.25) is 9.59 Å². The number of likely N-dealkylation sites (N-methyl/N-ethyl adjacent to an activating group) is 1. The summed E-state index contributed by atoms with van der Waals surface area (Å²) in [6.45, 7) is 3.96. The topological polar surface area (TPSA) is 96.0 Å².